The van der Waals surface area contributed by atoms with Gasteiger partial charge < -0.3 is 10.1 Å². The van der Waals surface area contributed by atoms with Gasteiger partial charge in [0.2, 0.25) is 5.91 Å². The van der Waals surface area contributed by atoms with Gasteiger partial charge >= 0.3 is 0 Å². The van der Waals surface area contributed by atoms with E-state index in [0.717, 1.165) is 17.0 Å². The summed E-state index contributed by atoms with van der Waals surface area (Å²) in [7, 11) is 0. The normalized spacial score (nSPS) is 15.1. The Bertz CT molecular complexity index is 713. The quantitative estimate of drug-likeness (QED) is 0.697. The molecule has 0 radical (unpaired) electrons. The molecule has 6 heteroatoms. The maximum absolute atomic E-state index is 13.3. The first-order valence-electron chi connectivity index (χ1n) is 9.29. The van der Waals surface area contributed by atoms with E-state index in [1.807, 2.05) is 11.4 Å². The number of benzene rings is 1. The first kappa shape index (κ1) is 19.0. The summed E-state index contributed by atoms with van der Waals surface area (Å²) in [6.07, 6.45) is 7.69. The number of rotatable bonds is 8. The zero-order valence-electron chi connectivity index (χ0n) is 14.9. The van der Waals surface area contributed by atoms with Crippen molar-refractivity contribution in [3.8, 4) is 10.6 Å². The van der Waals surface area contributed by atoms with Crippen LogP contribution in [0.4, 0.5) is 4.39 Å². The van der Waals surface area contributed by atoms with E-state index in [0.29, 0.717) is 24.9 Å². The average Bonchev–Trinajstić information content (AvgIpc) is 3.11. The summed E-state index contributed by atoms with van der Waals surface area (Å²) < 4.78 is 19.1. The number of ether oxygens (including phenoxy) is 1. The van der Waals surface area contributed by atoms with Crippen molar-refractivity contribution in [2.75, 3.05) is 13.2 Å². The van der Waals surface area contributed by atoms with E-state index < -0.39 is 0 Å². The van der Waals surface area contributed by atoms with Crippen LogP contribution in [0.25, 0.3) is 10.6 Å². The van der Waals surface area contributed by atoms with Crippen LogP contribution in [0.15, 0.2) is 29.6 Å². The molecule has 1 aromatic carbocycles. The second-order valence-corrected chi connectivity index (χ2v) is 7.52. The molecule has 3 rings (SSSR count). The summed E-state index contributed by atoms with van der Waals surface area (Å²) in [5, 5.41) is 5.50. The van der Waals surface area contributed by atoms with Crippen molar-refractivity contribution in [3.05, 3.63) is 41.2 Å². The van der Waals surface area contributed by atoms with Gasteiger partial charge in [0.1, 0.15) is 10.8 Å². The van der Waals surface area contributed by atoms with E-state index in [9.17, 15) is 9.18 Å². The Morgan fingerprint density at radius 2 is 2.15 bits per heavy atom. The summed E-state index contributed by atoms with van der Waals surface area (Å²) in [6.45, 7) is 1.32. The summed E-state index contributed by atoms with van der Waals surface area (Å²) in [5.41, 5.74) is 1.45. The number of nitrogens with zero attached hydrogens (tertiary/aromatic N) is 1. The van der Waals surface area contributed by atoms with Gasteiger partial charge in [0, 0.05) is 24.1 Å². The van der Waals surface area contributed by atoms with E-state index in [-0.39, 0.29) is 18.1 Å². The van der Waals surface area contributed by atoms with Crippen LogP contribution in [0.3, 0.4) is 0 Å². The Morgan fingerprint density at radius 1 is 1.31 bits per heavy atom. The maximum Gasteiger partial charge on any atom is 0.226 e. The molecule has 1 heterocycles. The molecule has 1 amide bonds. The number of hydrogen-bond donors (Lipinski definition) is 1. The van der Waals surface area contributed by atoms with Crippen molar-refractivity contribution in [1.82, 2.24) is 10.3 Å². The lowest BCUT2D eigenvalue weighted by molar-refractivity contribution is -0.120. The Hall–Kier alpha value is -1.79. The predicted octanol–water partition coefficient (Wildman–Crippen LogP) is 4.35. The van der Waals surface area contributed by atoms with E-state index in [4.69, 9.17) is 4.74 Å². The topological polar surface area (TPSA) is 51.2 Å². The molecule has 1 fully saturated rings. The van der Waals surface area contributed by atoms with Gasteiger partial charge in [0.05, 0.1) is 18.2 Å². The molecule has 1 aliphatic carbocycles. The molecule has 0 aliphatic heterocycles. The molecule has 1 aliphatic rings. The Kier molecular flexibility index (Phi) is 7.14. The van der Waals surface area contributed by atoms with Gasteiger partial charge in [-0.3, -0.25) is 4.79 Å². The smallest absolute Gasteiger partial charge is 0.226 e. The van der Waals surface area contributed by atoms with Crippen LogP contribution < -0.4 is 5.32 Å². The van der Waals surface area contributed by atoms with Gasteiger partial charge in [-0.05, 0) is 31.4 Å². The number of amides is 1. The zero-order valence-corrected chi connectivity index (χ0v) is 15.7. The van der Waals surface area contributed by atoms with Crippen LogP contribution >= 0.6 is 11.3 Å². The van der Waals surface area contributed by atoms with Gasteiger partial charge in [-0.25, -0.2) is 9.37 Å². The number of hydrogen-bond acceptors (Lipinski definition) is 4. The molecular formula is C20H25FN2O2S. The van der Waals surface area contributed by atoms with Crippen molar-refractivity contribution in [2.24, 2.45) is 0 Å². The standard InChI is InChI=1S/C20H25FN2O2S/c21-16-7-4-6-15(12-16)20-23-17(14-26-20)13-19(24)22-10-5-11-25-18-8-2-1-3-9-18/h4,6-7,12,14,18H,1-3,5,8-11,13H2,(H,22,24). The van der Waals surface area contributed by atoms with Gasteiger partial charge in [-0.2, -0.15) is 0 Å². The van der Waals surface area contributed by atoms with Crippen molar-refractivity contribution < 1.29 is 13.9 Å². The molecule has 4 nitrogen and oxygen atoms in total. The molecule has 0 spiro atoms. The summed E-state index contributed by atoms with van der Waals surface area (Å²) in [6, 6.07) is 6.34. The van der Waals surface area contributed by atoms with Crippen LogP contribution in [0.1, 0.15) is 44.2 Å². The molecule has 0 saturated heterocycles. The number of nitrogens with one attached hydrogen (secondary N) is 1. The van der Waals surface area contributed by atoms with Crippen molar-refractivity contribution in [1.29, 1.82) is 0 Å². The lowest BCUT2D eigenvalue weighted by Gasteiger charge is -2.21. The predicted molar refractivity (Wildman–Crippen MR) is 102 cm³/mol. The highest BCUT2D eigenvalue weighted by atomic mass is 32.1. The molecule has 1 saturated carbocycles. The highest BCUT2D eigenvalue weighted by Gasteiger charge is 2.13. The van der Waals surface area contributed by atoms with Crippen LogP contribution in [0.2, 0.25) is 0 Å². The molecule has 0 atom stereocenters. The summed E-state index contributed by atoms with van der Waals surface area (Å²) in [5.74, 6) is -0.328. The Labute approximate surface area is 157 Å². The van der Waals surface area contributed by atoms with Gasteiger partial charge in [0.15, 0.2) is 0 Å². The van der Waals surface area contributed by atoms with E-state index in [2.05, 4.69) is 10.3 Å². The van der Waals surface area contributed by atoms with Crippen molar-refractivity contribution in [3.63, 3.8) is 0 Å². The van der Waals surface area contributed by atoms with Gasteiger partial charge in [-0.15, -0.1) is 11.3 Å². The number of aromatic nitrogens is 1. The summed E-state index contributed by atoms with van der Waals surface area (Å²) >= 11 is 1.42. The first-order chi connectivity index (χ1) is 12.7. The fourth-order valence-electron chi connectivity index (χ4n) is 3.15. The average molecular weight is 376 g/mol. The van der Waals surface area contributed by atoms with E-state index in [1.165, 1.54) is 55.6 Å². The van der Waals surface area contributed by atoms with Crippen LogP contribution in [0.5, 0.6) is 0 Å². The van der Waals surface area contributed by atoms with Crippen LogP contribution in [-0.2, 0) is 16.0 Å². The molecule has 0 unspecified atom stereocenters. The van der Waals surface area contributed by atoms with Crippen LogP contribution in [0, 0.1) is 5.82 Å². The lowest BCUT2D eigenvalue weighted by Crippen LogP contribution is -2.27. The van der Waals surface area contributed by atoms with Gasteiger partial charge in [-0.1, -0.05) is 31.4 Å². The summed E-state index contributed by atoms with van der Waals surface area (Å²) in [4.78, 5) is 16.5. The largest absolute Gasteiger partial charge is 0.378 e. The van der Waals surface area contributed by atoms with Crippen molar-refractivity contribution >= 4 is 17.2 Å². The second-order valence-electron chi connectivity index (χ2n) is 6.67. The third kappa shape index (κ3) is 5.88. The van der Waals surface area contributed by atoms with E-state index in [1.54, 1.807) is 6.07 Å². The SMILES string of the molecule is O=C(Cc1csc(-c2cccc(F)c2)n1)NCCCOC1CCCCC1. The minimum absolute atomic E-state index is 0.0428. The fourth-order valence-corrected chi connectivity index (χ4v) is 3.97. The zero-order chi connectivity index (χ0) is 18.2. The highest BCUT2D eigenvalue weighted by Crippen LogP contribution is 2.24. The van der Waals surface area contributed by atoms with Crippen LogP contribution in [-0.4, -0.2) is 30.1 Å². The Balaban J connectivity index is 1.36. The first-order valence-corrected chi connectivity index (χ1v) is 10.2. The third-order valence-electron chi connectivity index (χ3n) is 4.51. The van der Waals surface area contributed by atoms with E-state index >= 15 is 0 Å². The second kappa shape index (κ2) is 9.78. The number of halogens is 1. The molecule has 26 heavy (non-hydrogen) atoms. The number of carbonyl (C=O) groups excluding carboxylic acids is 1. The molecule has 1 N–H and O–H groups in total. The highest BCUT2D eigenvalue weighted by molar-refractivity contribution is 7.13. The minimum Gasteiger partial charge on any atom is -0.378 e. The number of thiazole rings is 1. The molecule has 140 valence electrons. The third-order valence-corrected chi connectivity index (χ3v) is 5.45. The molecule has 2 aromatic rings. The van der Waals surface area contributed by atoms with Gasteiger partial charge in [0.25, 0.3) is 0 Å². The lowest BCUT2D eigenvalue weighted by atomic mass is 9.98. The number of carbonyl (C=O) groups is 1. The maximum atomic E-state index is 13.3. The Morgan fingerprint density at radius 3 is 2.96 bits per heavy atom. The fraction of sp³-hybridized carbons (Fsp3) is 0.500. The van der Waals surface area contributed by atoms with Crippen molar-refractivity contribution in [2.45, 2.75) is 51.0 Å². The molecule has 1 aromatic heterocycles. The minimum atomic E-state index is -0.285. The monoisotopic (exact) mass is 376 g/mol. The molecule has 0 bridgehead atoms. The molecular weight excluding hydrogens is 351 g/mol.